The highest BCUT2D eigenvalue weighted by atomic mass is 19.1. The Hall–Kier alpha value is -2.24. The van der Waals surface area contributed by atoms with Crippen LogP contribution in [0.4, 0.5) is 14.6 Å². The summed E-state index contributed by atoms with van der Waals surface area (Å²) in [5, 5.41) is 2.76. The molecule has 0 aliphatic rings. The van der Waals surface area contributed by atoms with Crippen LogP contribution in [0.25, 0.3) is 0 Å². The largest absolute Gasteiger partial charge is 0.434 e. The molecule has 0 radical (unpaired) electrons. The molecule has 88 valence electrons. The van der Waals surface area contributed by atoms with Crippen molar-refractivity contribution in [2.45, 2.75) is 0 Å². The molecule has 1 aromatic carbocycles. The van der Waals surface area contributed by atoms with E-state index in [-0.39, 0.29) is 11.6 Å². The van der Waals surface area contributed by atoms with Gasteiger partial charge in [0.2, 0.25) is 5.88 Å². The van der Waals surface area contributed by atoms with Crippen molar-refractivity contribution in [1.82, 2.24) is 9.97 Å². The molecule has 2 rings (SSSR count). The minimum Gasteiger partial charge on any atom is -0.434 e. The molecule has 0 atom stereocenters. The lowest BCUT2D eigenvalue weighted by molar-refractivity contribution is 0.421. The maximum atomic E-state index is 13.3. The first kappa shape index (κ1) is 11.3. The molecule has 1 N–H and O–H groups in total. The molecule has 1 heterocycles. The number of benzene rings is 1. The lowest BCUT2D eigenvalue weighted by atomic mass is 10.3. The third-order valence-electron chi connectivity index (χ3n) is 1.98. The van der Waals surface area contributed by atoms with Crippen molar-refractivity contribution in [1.29, 1.82) is 0 Å². The van der Waals surface area contributed by atoms with E-state index in [1.165, 1.54) is 12.4 Å². The van der Waals surface area contributed by atoms with Crippen LogP contribution >= 0.6 is 0 Å². The fourth-order valence-corrected chi connectivity index (χ4v) is 1.19. The van der Waals surface area contributed by atoms with Crippen molar-refractivity contribution >= 4 is 5.82 Å². The second-order valence-electron chi connectivity index (χ2n) is 3.17. The zero-order valence-corrected chi connectivity index (χ0v) is 8.95. The van der Waals surface area contributed by atoms with Crippen molar-refractivity contribution in [3.63, 3.8) is 0 Å². The SMILES string of the molecule is CNc1cncc(Oc2cc(F)ccc2F)n1. The van der Waals surface area contributed by atoms with Crippen molar-refractivity contribution in [3.8, 4) is 11.6 Å². The molecular formula is C11H9F2N3O. The van der Waals surface area contributed by atoms with E-state index < -0.39 is 11.6 Å². The van der Waals surface area contributed by atoms with E-state index in [2.05, 4.69) is 15.3 Å². The Labute approximate surface area is 96.3 Å². The van der Waals surface area contributed by atoms with Crippen molar-refractivity contribution in [2.75, 3.05) is 12.4 Å². The second-order valence-corrected chi connectivity index (χ2v) is 3.17. The number of nitrogens with one attached hydrogen (secondary N) is 1. The summed E-state index contributed by atoms with van der Waals surface area (Å²) in [6.07, 6.45) is 2.79. The molecule has 0 aliphatic heterocycles. The van der Waals surface area contributed by atoms with Gasteiger partial charge in [0.1, 0.15) is 11.6 Å². The summed E-state index contributed by atoms with van der Waals surface area (Å²) in [6, 6.07) is 2.95. The standard InChI is InChI=1S/C11H9F2N3O/c1-14-10-5-15-6-11(16-10)17-9-4-7(12)2-3-8(9)13/h2-6H,1H3,(H,14,16). The monoisotopic (exact) mass is 237 g/mol. The van der Waals surface area contributed by atoms with Gasteiger partial charge in [0, 0.05) is 13.1 Å². The highest BCUT2D eigenvalue weighted by Gasteiger charge is 2.07. The summed E-state index contributed by atoms with van der Waals surface area (Å²) in [4.78, 5) is 7.81. The maximum absolute atomic E-state index is 13.3. The lowest BCUT2D eigenvalue weighted by Gasteiger charge is -2.06. The van der Waals surface area contributed by atoms with Crippen LogP contribution in [0.3, 0.4) is 0 Å². The van der Waals surface area contributed by atoms with Gasteiger partial charge in [-0.1, -0.05) is 0 Å². The van der Waals surface area contributed by atoms with Gasteiger partial charge in [0.15, 0.2) is 11.6 Å². The van der Waals surface area contributed by atoms with Gasteiger partial charge in [-0.05, 0) is 12.1 Å². The zero-order valence-electron chi connectivity index (χ0n) is 8.95. The van der Waals surface area contributed by atoms with E-state index in [4.69, 9.17) is 4.74 Å². The minimum absolute atomic E-state index is 0.0846. The molecule has 0 amide bonds. The smallest absolute Gasteiger partial charge is 0.239 e. The average Bonchev–Trinajstić information content (AvgIpc) is 2.34. The molecule has 2 aromatic rings. The van der Waals surface area contributed by atoms with Crippen LogP contribution in [0.2, 0.25) is 0 Å². The van der Waals surface area contributed by atoms with Crippen LogP contribution in [-0.2, 0) is 0 Å². The van der Waals surface area contributed by atoms with Gasteiger partial charge in [0.25, 0.3) is 0 Å². The molecule has 4 nitrogen and oxygen atoms in total. The number of hydrogen-bond acceptors (Lipinski definition) is 4. The number of ether oxygens (including phenoxy) is 1. The van der Waals surface area contributed by atoms with Gasteiger partial charge in [-0.3, -0.25) is 4.98 Å². The first-order valence-electron chi connectivity index (χ1n) is 4.82. The van der Waals surface area contributed by atoms with Gasteiger partial charge in [-0.25, -0.2) is 8.78 Å². The van der Waals surface area contributed by atoms with Crippen LogP contribution in [0.5, 0.6) is 11.6 Å². The lowest BCUT2D eigenvalue weighted by Crippen LogP contribution is -1.97. The number of aromatic nitrogens is 2. The van der Waals surface area contributed by atoms with Crippen molar-refractivity contribution in [2.24, 2.45) is 0 Å². The Morgan fingerprint density at radius 1 is 1.24 bits per heavy atom. The van der Waals surface area contributed by atoms with Gasteiger partial charge < -0.3 is 10.1 Å². The van der Waals surface area contributed by atoms with Gasteiger partial charge in [-0.15, -0.1) is 0 Å². The molecule has 0 fully saturated rings. The molecule has 0 saturated carbocycles. The van der Waals surface area contributed by atoms with Crippen LogP contribution in [0.15, 0.2) is 30.6 Å². The maximum Gasteiger partial charge on any atom is 0.239 e. The van der Waals surface area contributed by atoms with E-state index in [1.54, 1.807) is 7.05 Å². The molecule has 6 heteroatoms. The predicted octanol–water partition coefficient (Wildman–Crippen LogP) is 2.59. The normalized spacial score (nSPS) is 10.1. The van der Waals surface area contributed by atoms with Gasteiger partial charge >= 0.3 is 0 Å². The Morgan fingerprint density at radius 3 is 2.82 bits per heavy atom. The van der Waals surface area contributed by atoms with E-state index in [1.807, 2.05) is 0 Å². The molecule has 17 heavy (non-hydrogen) atoms. The fourth-order valence-electron chi connectivity index (χ4n) is 1.19. The van der Waals surface area contributed by atoms with Crippen molar-refractivity contribution < 1.29 is 13.5 Å². The van der Waals surface area contributed by atoms with Crippen LogP contribution in [0.1, 0.15) is 0 Å². The molecule has 0 spiro atoms. The van der Waals surface area contributed by atoms with Gasteiger partial charge in [0.05, 0.1) is 12.4 Å². The van der Waals surface area contributed by atoms with Gasteiger partial charge in [-0.2, -0.15) is 4.98 Å². The van der Waals surface area contributed by atoms with Crippen LogP contribution < -0.4 is 10.1 Å². The number of rotatable bonds is 3. The Kier molecular flexibility index (Phi) is 3.13. The molecule has 0 bridgehead atoms. The number of nitrogens with zero attached hydrogens (tertiary/aromatic N) is 2. The third kappa shape index (κ3) is 2.66. The highest BCUT2D eigenvalue weighted by molar-refractivity contribution is 5.34. The summed E-state index contributed by atoms with van der Waals surface area (Å²) in [5.41, 5.74) is 0. The second kappa shape index (κ2) is 4.73. The van der Waals surface area contributed by atoms with E-state index in [0.717, 1.165) is 18.2 Å². The minimum atomic E-state index is -0.664. The summed E-state index contributed by atoms with van der Waals surface area (Å²) in [7, 11) is 1.66. The van der Waals surface area contributed by atoms with Crippen molar-refractivity contribution in [3.05, 3.63) is 42.2 Å². The van der Waals surface area contributed by atoms with E-state index in [9.17, 15) is 8.78 Å². The first-order chi connectivity index (χ1) is 8.19. The predicted molar refractivity (Wildman–Crippen MR) is 58.0 cm³/mol. The highest BCUT2D eigenvalue weighted by Crippen LogP contribution is 2.23. The Balaban J connectivity index is 2.27. The molecular weight excluding hydrogens is 228 g/mol. The first-order valence-corrected chi connectivity index (χ1v) is 4.82. The van der Waals surface area contributed by atoms with Crippen LogP contribution in [-0.4, -0.2) is 17.0 Å². The topological polar surface area (TPSA) is 47.0 Å². The Morgan fingerprint density at radius 2 is 2.06 bits per heavy atom. The third-order valence-corrected chi connectivity index (χ3v) is 1.98. The van der Waals surface area contributed by atoms with E-state index >= 15 is 0 Å². The molecule has 0 saturated heterocycles. The Bertz CT molecular complexity index is 534. The summed E-state index contributed by atoms with van der Waals surface area (Å²) in [5.74, 6) is -0.921. The summed E-state index contributed by atoms with van der Waals surface area (Å²) < 4.78 is 31.3. The average molecular weight is 237 g/mol. The number of halogens is 2. The molecule has 1 aromatic heterocycles. The quantitative estimate of drug-likeness (QED) is 0.891. The molecule has 0 aliphatic carbocycles. The summed E-state index contributed by atoms with van der Waals surface area (Å²) in [6.45, 7) is 0. The summed E-state index contributed by atoms with van der Waals surface area (Å²) >= 11 is 0. The number of hydrogen-bond donors (Lipinski definition) is 1. The fraction of sp³-hybridized carbons (Fsp3) is 0.0909. The zero-order chi connectivity index (χ0) is 12.3. The van der Waals surface area contributed by atoms with E-state index in [0.29, 0.717) is 5.82 Å². The van der Waals surface area contributed by atoms with Crippen LogP contribution in [0, 0.1) is 11.6 Å². The number of anilines is 1. The molecule has 0 unspecified atom stereocenters.